The molecule has 10 heavy (non-hydrogen) atoms. The molecule has 0 saturated heterocycles. The Labute approximate surface area is 66.0 Å². The van der Waals surface area contributed by atoms with Gasteiger partial charge in [-0.15, -0.1) is 0 Å². The summed E-state index contributed by atoms with van der Waals surface area (Å²) in [7, 11) is 0. The highest BCUT2D eigenvalue weighted by atomic mass is 32.2. The molecule has 3 heteroatoms. The molecule has 0 aliphatic rings. The SMILES string of the molecule is CC(=CSN)C(C)C(C)F. The van der Waals surface area contributed by atoms with Gasteiger partial charge in [-0.3, -0.25) is 5.14 Å². The van der Waals surface area contributed by atoms with E-state index >= 15 is 0 Å². The summed E-state index contributed by atoms with van der Waals surface area (Å²) >= 11 is 1.13. The van der Waals surface area contributed by atoms with Gasteiger partial charge in [-0.2, -0.15) is 0 Å². The quantitative estimate of drug-likeness (QED) is 0.647. The fraction of sp³-hybridized carbons (Fsp3) is 0.714. The average Bonchev–Trinajstić information content (AvgIpc) is 1.87. The molecule has 1 nitrogen and oxygen atoms in total. The summed E-state index contributed by atoms with van der Waals surface area (Å²) in [6, 6.07) is 0. The zero-order chi connectivity index (χ0) is 8.15. The lowest BCUT2D eigenvalue weighted by Crippen LogP contribution is -2.08. The highest BCUT2D eigenvalue weighted by Gasteiger charge is 2.11. The van der Waals surface area contributed by atoms with E-state index in [0.717, 1.165) is 17.5 Å². The number of nitrogens with two attached hydrogens (primary N) is 1. The van der Waals surface area contributed by atoms with Crippen molar-refractivity contribution < 1.29 is 4.39 Å². The van der Waals surface area contributed by atoms with E-state index in [1.54, 1.807) is 12.3 Å². The van der Waals surface area contributed by atoms with Crippen LogP contribution in [0, 0.1) is 5.92 Å². The smallest absolute Gasteiger partial charge is 0.104 e. The van der Waals surface area contributed by atoms with Gasteiger partial charge in [0.15, 0.2) is 0 Å². The predicted molar refractivity (Wildman–Crippen MR) is 45.3 cm³/mol. The Kier molecular flexibility index (Phi) is 4.73. The lowest BCUT2D eigenvalue weighted by Gasteiger charge is -2.12. The van der Waals surface area contributed by atoms with Crippen LogP contribution in [0.2, 0.25) is 0 Å². The van der Waals surface area contributed by atoms with Crippen molar-refractivity contribution in [2.75, 3.05) is 0 Å². The van der Waals surface area contributed by atoms with Crippen LogP contribution >= 0.6 is 11.9 Å². The second-order valence-electron chi connectivity index (χ2n) is 2.46. The Balaban J connectivity index is 3.93. The van der Waals surface area contributed by atoms with E-state index in [-0.39, 0.29) is 5.92 Å². The van der Waals surface area contributed by atoms with E-state index in [1.807, 2.05) is 13.8 Å². The number of hydrogen-bond donors (Lipinski definition) is 1. The molecule has 2 atom stereocenters. The maximum absolute atomic E-state index is 12.6. The van der Waals surface area contributed by atoms with Gasteiger partial charge in [0, 0.05) is 5.92 Å². The zero-order valence-corrected chi connectivity index (χ0v) is 7.41. The molecule has 2 N–H and O–H groups in total. The van der Waals surface area contributed by atoms with Gasteiger partial charge in [0.2, 0.25) is 0 Å². The third-order valence-electron chi connectivity index (χ3n) is 1.66. The van der Waals surface area contributed by atoms with Crippen LogP contribution in [-0.2, 0) is 0 Å². The van der Waals surface area contributed by atoms with E-state index in [2.05, 4.69) is 0 Å². The molecule has 0 aromatic carbocycles. The number of rotatable bonds is 3. The minimum Gasteiger partial charge on any atom is -0.274 e. The minimum absolute atomic E-state index is 0.0175. The van der Waals surface area contributed by atoms with Crippen molar-refractivity contribution in [3.8, 4) is 0 Å². The second-order valence-corrected chi connectivity index (χ2v) is 2.97. The molecule has 60 valence electrons. The monoisotopic (exact) mass is 163 g/mol. The van der Waals surface area contributed by atoms with Crippen LogP contribution in [-0.4, -0.2) is 6.17 Å². The fourth-order valence-corrected chi connectivity index (χ4v) is 1.01. The summed E-state index contributed by atoms with van der Waals surface area (Å²) in [4.78, 5) is 0. The van der Waals surface area contributed by atoms with Crippen molar-refractivity contribution in [2.24, 2.45) is 11.1 Å². The molecule has 0 aromatic heterocycles. The molecule has 0 rings (SSSR count). The molecule has 0 fully saturated rings. The van der Waals surface area contributed by atoms with Crippen molar-refractivity contribution in [3.63, 3.8) is 0 Å². The van der Waals surface area contributed by atoms with Crippen LogP contribution in [0.25, 0.3) is 0 Å². The molecule has 0 heterocycles. The first kappa shape index (κ1) is 9.98. The third-order valence-corrected chi connectivity index (χ3v) is 2.17. The lowest BCUT2D eigenvalue weighted by molar-refractivity contribution is 0.292. The van der Waals surface area contributed by atoms with Gasteiger partial charge >= 0.3 is 0 Å². The van der Waals surface area contributed by atoms with Crippen LogP contribution in [0.4, 0.5) is 4.39 Å². The van der Waals surface area contributed by atoms with Crippen LogP contribution in [0.5, 0.6) is 0 Å². The molecule has 0 radical (unpaired) electrons. The molecular formula is C7H14FNS. The van der Waals surface area contributed by atoms with Crippen LogP contribution in [0.3, 0.4) is 0 Å². The second kappa shape index (κ2) is 4.74. The number of allylic oxidation sites excluding steroid dienone is 1. The van der Waals surface area contributed by atoms with Crippen molar-refractivity contribution in [1.82, 2.24) is 0 Å². The first-order chi connectivity index (χ1) is 4.59. The van der Waals surface area contributed by atoms with Gasteiger partial charge in [0.1, 0.15) is 6.17 Å². The number of alkyl halides is 1. The van der Waals surface area contributed by atoms with Gasteiger partial charge in [0.25, 0.3) is 0 Å². The Morgan fingerprint density at radius 1 is 1.60 bits per heavy atom. The number of halogens is 1. The van der Waals surface area contributed by atoms with Gasteiger partial charge in [-0.25, -0.2) is 4.39 Å². The van der Waals surface area contributed by atoms with Crippen LogP contribution in [0.15, 0.2) is 11.0 Å². The number of hydrogen-bond acceptors (Lipinski definition) is 2. The first-order valence-electron chi connectivity index (χ1n) is 3.26. The summed E-state index contributed by atoms with van der Waals surface area (Å²) in [6.45, 7) is 5.30. The largest absolute Gasteiger partial charge is 0.274 e. The average molecular weight is 163 g/mol. The molecular weight excluding hydrogens is 149 g/mol. The summed E-state index contributed by atoms with van der Waals surface area (Å²) in [6.07, 6.45) is -0.789. The highest BCUT2D eigenvalue weighted by molar-refractivity contribution is 8.00. The lowest BCUT2D eigenvalue weighted by atomic mass is 10.0. The van der Waals surface area contributed by atoms with Crippen molar-refractivity contribution in [2.45, 2.75) is 26.9 Å². The van der Waals surface area contributed by atoms with Gasteiger partial charge in [0.05, 0.1) is 0 Å². The Bertz CT molecular complexity index is 123. The highest BCUT2D eigenvalue weighted by Crippen LogP contribution is 2.17. The van der Waals surface area contributed by atoms with E-state index in [9.17, 15) is 4.39 Å². The summed E-state index contributed by atoms with van der Waals surface area (Å²) in [5.74, 6) is -0.0175. The molecule has 0 spiro atoms. The summed E-state index contributed by atoms with van der Waals surface area (Å²) in [5.41, 5.74) is 1.00. The van der Waals surface area contributed by atoms with E-state index < -0.39 is 6.17 Å². The molecule has 0 saturated carbocycles. The fourth-order valence-electron chi connectivity index (χ4n) is 0.577. The van der Waals surface area contributed by atoms with Crippen molar-refractivity contribution >= 4 is 11.9 Å². The summed E-state index contributed by atoms with van der Waals surface area (Å²) < 4.78 is 12.6. The Hall–Kier alpha value is -0.0200. The molecule has 2 unspecified atom stereocenters. The Morgan fingerprint density at radius 2 is 2.10 bits per heavy atom. The van der Waals surface area contributed by atoms with Crippen molar-refractivity contribution in [3.05, 3.63) is 11.0 Å². The maximum atomic E-state index is 12.6. The Morgan fingerprint density at radius 3 is 2.40 bits per heavy atom. The zero-order valence-electron chi connectivity index (χ0n) is 6.60. The van der Waals surface area contributed by atoms with Crippen molar-refractivity contribution in [1.29, 1.82) is 0 Å². The molecule has 0 aliphatic carbocycles. The first-order valence-corrected chi connectivity index (χ1v) is 4.20. The molecule has 0 bridgehead atoms. The molecule has 0 aliphatic heterocycles. The van der Waals surface area contributed by atoms with Crippen LogP contribution < -0.4 is 5.14 Å². The van der Waals surface area contributed by atoms with Gasteiger partial charge < -0.3 is 0 Å². The van der Waals surface area contributed by atoms with E-state index in [1.165, 1.54) is 0 Å². The summed E-state index contributed by atoms with van der Waals surface area (Å²) in [5, 5.41) is 6.96. The van der Waals surface area contributed by atoms with Crippen LogP contribution in [0.1, 0.15) is 20.8 Å². The maximum Gasteiger partial charge on any atom is 0.104 e. The van der Waals surface area contributed by atoms with E-state index in [4.69, 9.17) is 5.14 Å². The van der Waals surface area contributed by atoms with Gasteiger partial charge in [-0.05, 0) is 19.3 Å². The predicted octanol–water partition coefficient (Wildman–Crippen LogP) is 2.49. The normalized spacial score (nSPS) is 18.7. The van der Waals surface area contributed by atoms with E-state index in [0.29, 0.717) is 0 Å². The minimum atomic E-state index is -0.789. The van der Waals surface area contributed by atoms with Gasteiger partial charge in [-0.1, -0.05) is 24.4 Å². The molecule has 0 aromatic rings. The third kappa shape index (κ3) is 3.22. The molecule has 0 amide bonds. The topological polar surface area (TPSA) is 26.0 Å². The standard InChI is InChI=1S/C7H14FNS/c1-5(4-10-9)6(2)7(3)8/h4,6-7H,9H2,1-3H3.